The molecule has 0 saturated carbocycles. The lowest BCUT2D eigenvalue weighted by atomic mass is 10.1. The van der Waals surface area contributed by atoms with Gasteiger partial charge in [-0.25, -0.2) is 0 Å². The molecule has 0 aliphatic carbocycles. The summed E-state index contributed by atoms with van der Waals surface area (Å²) in [4.78, 5) is 0. The number of nitrogens with zero attached hydrogens (tertiary/aromatic N) is 2. The number of hydrogen-bond donors (Lipinski definition) is 2. The maximum atomic E-state index is 5.91. The van der Waals surface area contributed by atoms with Crippen molar-refractivity contribution in [3.8, 4) is 0 Å². The Kier molecular flexibility index (Phi) is 5.36. The van der Waals surface area contributed by atoms with E-state index in [-0.39, 0.29) is 0 Å². The normalized spacial score (nSPS) is 10.5. The van der Waals surface area contributed by atoms with Crippen molar-refractivity contribution in [2.75, 3.05) is 10.6 Å². The van der Waals surface area contributed by atoms with Crippen LogP contribution in [0.15, 0.2) is 54.9 Å². The van der Waals surface area contributed by atoms with Crippen LogP contribution in [0.1, 0.15) is 16.7 Å². The van der Waals surface area contributed by atoms with Crippen LogP contribution in [0.4, 0.5) is 11.4 Å². The third-order valence-electron chi connectivity index (χ3n) is 3.91. The van der Waals surface area contributed by atoms with Gasteiger partial charge in [-0.15, -0.1) is 0 Å². The Morgan fingerprint density at radius 1 is 1.04 bits per heavy atom. The molecule has 0 bridgehead atoms. The number of halogens is 1. The number of anilines is 2. The highest BCUT2D eigenvalue weighted by Crippen LogP contribution is 2.15. The van der Waals surface area contributed by atoms with Crippen molar-refractivity contribution < 1.29 is 0 Å². The van der Waals surface area contributed by atoms with E-state index in [0.29, 0.717) is 11.7 Å². The molecule has 0 radical (unpaired) electrons. The van der Waals surface area contributed by atoms with E-state index in [1.54, 1.807) is 6.20 Å². The van der Waals surface area contributed by atoms with E-state index in [4.69, 9.17) is 23.8 Å². The molecule has 0 aliphatic rings. The van der Waals surface area contributed by atoms with Gasteiger partial charge in [-0.05, 0) is 67.0 Å². The zero-order valence-electron chi connectivity index (χ0n) is 14.1. The number of aryl methyl sites for hydroxylation is 2. The lowest BCUT2D eigenvalue weighted by Gasteiger charge is -2.10. The Balaban J connectivity index is 1.59. The number of thiocarbonyl (C=S) groups is 1. The van der Waals surface area contributed by atoms with Gasteiger partial charge in [0.2, 0.25) is 0 Å². The summed E-state index contributed by atoms with van der Waals surface area (Å²) in [5.41, 5.74) is 5.43. The molecule has 0 atom stereocenters. The van der Waals surface area contributed by atoms with Crippen molar-refractivity contribution in [1.29, 1.82) is 0 Å². The molecule has 0 saturated heterocycles. The van der Waals surface area contributed by atoms with Crippen molar-refractivity contribution in [1.82, 2.24) is 9.78 Å². The third-order valence-corrected chi connectivity index (χ3v) is 4.37. The summed E-state index contributed by atoms with van der Waals surface area (Å²) in [5.74, 6) is 0. The van der Waals surface area contributed by atoms with Gasteiger partial charge in [-0.1, -0.05) is 29.8 Å². The van der Waals surface area contributed by atoms with Crippen LogP contribution in [-0.4, -0.2) is 14.9 Å². The van der Waals surface area contributed by atoms with Crippen molar-refractivity contribution in [3.63, 3.8) is 0 Å². The molecule has 25 heavy (non-hydrogen) atoms. The van der Waals surface area contributed by atoms with Crippen LogP contribution in [0.5, 0.6) is 0 Å². The molecule has 6 heteroatoms. The molecule has 0 fully saturated rings. The summed E-state index contributed by atoms with van der Waals surface area (Å²) in [6, 6.07) is 13.9. The van der Waals surface area contributed by atoms with Gasteiger partial charge in [-0.3, -0.25) is 4.68 Å². The Labute approximate surface area is 157 Å². The minimum absolute atomic E-state index is 0.536. The Bertz CT molecular complexity index is 887. The molecule has 2 aromatic carbocycles. The third kappa shape index (κ3) is 4.81. The number of aromatic nitrogens is 2. The molecule has 3 aromatic rings. The monoisotopic (exact) mass is 370 g/mol. The molecule has 2 N–H and O–H groups in total. The fraction of sp³-hybridized carbons (Fsp3) is 0.158. The molecule has 1 heterocycles. The first-order chi connectivity index (χ1) is 12.0. The largest absolute Gasteiger partial charge is 0.332 e. The van der Waals surface area contributed by atoms with Crippen LogP contribution >= 0.6 is 23.8 Å². The molecule has 128 valence electrons. The summed E-state index contributed by atoms with van der Waals surface area (Å²) in [6.07, 6.45) is 3.67. The van der Waals surface area contributed by atoms with Gasteiger partial charge in [0.1, 0.15) is 0 Å². The van der Waals surface area contributed by atoms with Crippen LogP contribution in [0.3, 0.4) is 0 Å². The predicted octanol–water partition coefficient (Wildman–Crippen LogP) is 5.01. The highest BCUT2D eigenvalue weighted by molar-refractivity contribution is 7.80. The van der Waals surface area contributed by atoms with Gasteiger partial charge in [0, 0.05) is 16.9 Å². The van der Waals surface area contributed by atoms with Crippen LogP contribution in [0, 0.1) is 13.8 Å². The van der Waals surface area contributed by atoms with Gasteiger partial charge in [-0.2, -0.15) is 5.10 Å². The average Bonchev–Trinajstić information content (AvgIpc) is 3.00. The number of nitrogens with one attached hydrogen (secondary N) is 2. The van der Waals surface area contributed by atoms with Crippen LogP contribution in [0.25, 0.3) is 0 Å². The molecular formula is C19H19ClN4S. The molecule has 0 aliphatic heterocycles. The maximum absolute atomic E-state index is 5.91. The Morgan fingerprint density at radius 3 is 2.48 bits per heavy atom. The van der Waals surface area contributed by atoms with Crippen molar-refractivity contribution in [3.05, 3.63) is 76.6 Å². The fourth-order valence-electron chi connectivity index (χ4n) is 2.40. The van der Waals surface area contributed by atoms with Gasteiger partial charge in [0.05, 0.1) is 18.4 Å². The molecule has 0 unspecified atom stereocenters. The van der Waals surface area contributed by atoms with Gasteiger partial charge in [0.25, 0.3) is 0 Å². The molecule has 0 spiro atoms. The van der Waals surface area contributed by atoms with Crippen molar-refractivity contribution in [2.45, 2.75) is 20.4 Å². The van der Waals surface area contributed by atoms with E-state index in [0.717, 1.165) is 22.0 Å². The zero-order chi connectivity index (χ0) is 17.8. The summed E-state index contributed by atoms with van der Waals surface area (Å²) < 4.78 is 1.85. The van der Waals surface area contributed by atoms with Crippen molar-refractivity contribution >= 4 is 40.3 Å². The van der Waals surface area contributed by atoms with Gasteiger partial charge < -0.3 is 10.6 Å². The molecule has 0 amide bonds. The number of benzene rings is 2. The molecule has 3 rings (SSSR count). The molecular weight excluding hydrogens is 352 g/mol. The summed E-state index contributed by atoms with van der Waals surface area (Å²) in [6.45, 7) is 4.85. The standard InChI is InChI=1S/C19H19ClN4S/c1-13-3-8-17(9-14(13)2)22-19(25)23-18-10-21-24(12-18)11-15-4-6-16(20)7-5-15/h3-10,12H,11H2,1-2H3,(H2,22,23,25). The van der Waals surface area contributed by atoms with E-state index in [1.807, 2.05) is 41.2 Å². The first-order valence-electron chi connectivity index (χ1n) is 7.92. The quantitative estimate of drug-likeness (QED) is 0.633. The second-order valence-corrected chi connectivity index (χ2v) is 6.78. The van der Waals surface area contributed by atoms with Crippen LogP contribution < -0.4 is 10.6 Å². The molecule has 1 aromatic heterocycles. The molecule has 4 nitrogen and oxygen atoms in total. The van der Waals surface area contributed by atoms with E-state index in [1.165, 1.54) is 11.1 Å². The second-order valence-electron chi connectivity index (χ2n) is 5.93. The SMILES string of the molecule is Cc1ccc(NC(=S)Nc2cnn(Cc3ccc(Cl)cc3)c2)cc1C. The fourth-order valence-corrected chi connectivity index (χ4v) is 2.77. The predicted molar refractivity (Wildman–Crippen MR) is 109 cm³/mol. The van der Waals surface area contributed by atoms with Crippen LogP contribution in [0.2, 0.25) is 5.02 Å². The first-order valence-corrected chi connectivity index (χ1v) is 8.70. The lowest BCUT2D eigenvalue weighted by molar-refractivity contribution is 0.687. The van der Waals surface area contributed by atoms with Crippen molar-refractivity contribution in [2.24, 2.45) is 0 Å². The smallest absolute Gasteiger partial charge is 0.175 e. The minimum atomic E-state index is 0.536. The highest BCUT2D eigenvalue weighted by Gasteiger charge is 2.04. The second kappa shape index (κ2) is 7.68. The highest BCUT2D eigenvalue weighted by atomic mass is 35.5. The zero-order valence-corrected chi connectivity index (χ0v) is 15.7. The topological polar surface area (TPSA) is 41.9 Å². The van der Waals surface area contributed by atoms with E-state index >= 15 is 0 Å². The summed E-state index contributed by atoms with van der Waals surface area (Å²) in [5, 5.41) is 12.0. The maximum Gasteiger partial charge on any atom is 0.175 e. The first kappa shape index (κ1) is 17.5. The van der Waals surface area contributed by atoms with E-state index in [2.05, 4.69) is 41.7 Å². The average molecular weight is 371 g/mol. The Morgan fingerprint density at radius 2 is 1.76 bits per heavy atom. The summed E-state index contributed by atoms with van der Waals surface area (Å²) >= 11 is 11.3. The minimum Gasteiger partial charge on any atom is -0.332 e. The number of rotatable bonds is 4. The Hall–Kier alpha value is -2.37. The number of hydrogen-bond acceptors (Lipinski definition) is 2. The van der Waals surface area contributed by atoms with Gasteiger partial charge in [0.15, 0.2) is 5.11 Å². The van der Waals surface area contributed by atoms with Crippen LogP contribution in [-0.2, 0) is 6.54 Å². The van der Waals surface area contributed by atoms with E-state index < -0.39 is 0 Å². The van der Waals surface area contributed by atoms with Gasteiger partial charge >= 0.3 is 0 Å². The van der Waals surface area contributed by atoms with E-state index in [9.17, 15) is 0 Å². The lowest BCUT2D eigenvalue weighted by Crippen LogP contribution is -2.18. The summed E-state index contributed by atoms with van der Waals surface area (Å²) in [7, 11) is 0.